The SMILES string of the molecule is CCC1(C=O)COC2(CCCCC2)O1. The highest BCUT2D eigenvalue weighted by atomic mass is 16.8. The van der Waals surface area contributed by atoms with Crippen molar-refractivity contribution in [3.63, 3.8) is 0 Å². The van der Waals surface area contributed by atoms with Crippen molar-refractivity contribution in [2.24, 2.45) is 0 Å². The van der Waals surface area contributed by atoms with Gasteiger partial charge in [-0.05, 0) is 19.3 Å². The van der Waals surface area contributed by atoms with Gasteiger partial charge in [0.25, 0.3) is 0 Å². The first-order chi connectivity index (χ1) is 6.74. The van der Waals surface area contributed by atoms with Crippen LogP contribution in [0.25, 0.3) is 0 Å². The molecule has 1 unspecified atom stereocenters. The van der Waals surface area contributed by atoms with E-state index in [1.807, 2.05) is 6.92 Å². The summed E-state index contributed by atoms with van der Waals surface area (Å²) in [7, 11) is 0. The molecule has 1 atom stereocenters. The van der Waals surface area contributed by atoms with Crippen molar-refractivity contribution in [2.75, 3.05) is 6.61 Å². The molecule has 0 bridgehead atoms. The Morgan fingerprint density at radius 3 is 2.50 bits per heavy atom. The minimum absolute atomic E-state index is 0.421. The zero-order valence-electron chi connectivity index (χ0n) is 8.75. The molecule has 1 heterocycles. The highest BCUT2D eigenvalue weighted by Gasteiger charge is 2.49. The third-order valence-electron chi connectivity index (χ3n) is 3.40. The maximum atomic E-state index is 11.0. The maximum Gasteiger partial charge on any atom is 0.169 e. The maximum absolute atomic E-state index is 11.0. The molecule has 0 aromatic carbocycles. The van der Waals surface area contributed by atoms with Crippen LogP contribution in [0.4, 0.5) is 0 Å². The van der Waals surface area contributed by atoms with Crippen LogP contribution in [0.15, 0.2) is 0 Å². The number of hydrogen-bond donors (Lipinski definition) is 0. The Balaban J connectivity index is 2.08. The topological polar surface area (TPSA) is 35.5 Å². The number of hydrogen-bond acceptors (Lipinski definition) is 3. The van der Waals surface area contributed by atoms with Gasteiger partial charge in [-0.1, -0.05) is 13.3 Å². The van der Waals surface area contributed by atoms with E-state index >= 15 is 0 Å². The van der Waals surface area contributed by atoms with E-state index in [1.165, 1.54) is 6.42 Å². The molecule has 1 saturated heterocycles. The molecule has 1 saturated carbocycles. The molecule has 0 amide bonds. The minimum Gasteiger partial charge on any atom is -0.346 e. The summed E-state index contributed by atoms with van der Waals surface area (Å²) in [5.41, 5.74) is -0.655. The zero-order chi connectivity index (χ0) is 10.1. The third-order valence-corrected chi connectivity index (χ3v) is 3.40. The van der Waals surface area contributed by atoms with Crippen LogP contribution < -0.4 is 0 Å². The lowest BCUT2D eigenvalue weighted by Crippen LogP contribution is -2.39. The Morgan fingerprint density at radius 2 is 2.00 bits per heavy atom. The van der Waals surface area contributed by atoms with Gasteiger partial charge >= 0.3 is 0 Å². The smallest absolute Gasteiger partial charge is 0.169 e. The first-order valence-electron chi connectivity index (χ1n) is 5.55. The van der Waals surface area contributed by atoms with Gasteiger partial charge in [-0.25, -0.2) is 0 Å². The summed E-state index contributed by atoms with van der Waals surface area (Å²) in [5, 5.41) is 0. The van der Waals surface area contributed by atoms with Crippen LogP contribution in [-0.2, 0) is 14.3 Å². The van der Waals surface area contributed by atoms with Crippen molar-refractivity contribution >= 4 is 6.29 Å². The van der Waals surface area contributed by atoms with E-state index in [9.17, 15) is 4.79 Å². The largest absolute Gasteiger partial charge is 0.346 e. The van der Waals surface area contributed by atoms with Crippen molar-refractivity contribution in [1.82, 2.24) is 0 Å². The summed E-state index contributed by atoms with van der Waals surface area (Å²) in [6, 6.07) is 0. The lowest BCUT2D eigenvalue weighted by molar-refractivity contribution is -0.202. The molecule has 3 heteroatoms. The van der Waals surface area contributed by atoms with Crippen LogP contribution in [0.1, 0.15) is 45.4 Å². The van der Waals surface area contributed by atoms with Crippen LogP contribution in [0.2, 0.25) is 0 Å². The quantitative estimate of drug-likeness (QED) is 0.637. The highest BCUT2D eigenvalue weighted by Crippen LogP contribution is 2.41. The second-order valence-electron chi connectivity index (χ2n) is 4.40. The summed E-state index contributed by atoms with van der Waals surface area (Å²) in [5.74, 6) is -0.421. The fraction of sp³-hybridized carbons (Fsp3) is 0.909. The summed E-state index contributed by atoms with van der Waals surface area (Å²) < 4.78 is 11.6. The first-order valence-corrected chi connectivity index (χ1v) is 5.55. The Hall–Kier alpha value is -0.410. The number of carbonyl (C=O) groups is 1. The predicted molar refractivity (Wildman–Crippen MR) is 51.9 cm³/mol. The highest BCUT2D eigenvalue weighted by molar-refractivity contribution is 5.63. The molecule has 1 aliphatic carbocycles. The Bertz CT molecular complexity index is 221. The second kappa shape index (κ2) is 3.63. The van der Waals surface area contributed by atoms with Gasteiger partial charge in [0.1, 0.15) is 5.60 Å². The number of ether oxygens (including phenoxy) is 2. The van der Waals surface area contributed by atoms with E-state index < -0.39 is 11.4 Å². The Labute approximate surface area is 84.8 Å². The number of rotatable bonds is 2. The van der Waals surface area contributed by atoms with Crippen LogP contribution in [0.5, 0.6) is 0 Å². The normalized spacial score (nSPS) is 36.1. The predicted octanol–water partition coefficient (Wildman–Crippen LogP) is 2.04. The minimum atomic E-state index is -0.655. The van der Waals surface area contributed by atoms with Crippen LogP contribution in [-0.4, -0.2) is 24.3 Å². The molecule has 2 aliphatic rings. The average molecular weight is 198 g/mol. The molecule has 14 heavy (non-hydrogen) atoms. The van der Waals surface area contributed by atoms with E-state index in [2.05, 4.69) is 0 Å². The van der Waals surface area contributed by atoms with Gasteiger partial charge in [0.15, 0.2) is 12.1 Å². The fourth-order valence-corrected chi connectivity index (χ4v) is 2.34. The van der Waals surface area contributed by atoms with Gasteiger partial charge in [-0.3, -0.25) is 0 Å². The average Bonchev–Trinajstić information content (AvgIpc) is 2.60. The van der Waals surface area contributed by atoms with Gasteiger partial charge < -0.3 is 14.3 Å². The Morgan fingerprint density at radius 1 is 1.29 bits per heavy atom. The molecule has 80 valence electrons. The summed E-state index contributed by atoms with van der Waals surface area (Å²) in [4.78, 5) is 11.0. The van der Waals surface area contributed by atoms with Gasteiger partial charge in [0.2, 0.25) is 0 Å². The molecule has 2 rings (SSSR count). The lowest BCUT2D eigenvalue weighted by Gasteiger charge is -2.33. The standard InChI is InChI=1S/C11H18O3/c1-2-10(8-12)9-13-11(14-10)6-4-3-5-7-11/h8H,2-7,9H2,1H3. The van der Waals surface area contributed by atoms with Crippen LogP contribution in [0.3, 0.4) is 0 Å². The molecule has 0 radical (unpaired) electrons. The first kappa shape index (κ1) is 10.1. The Kier molecular flexibility index (Phi) is 2.62. The van der Waals surface area contributed by atoms with Gasteiger partial charge in [-0.2, -0.15) is 0 Å². The molecule has 1 spiro atoms. The van der Waals surface area contributed by atoms with E-state index in [0.717, 1.165) is 32.0 Å². The molecular formula is C11H18O3. The molecule has 0 N–H and O–H groups in total. The van der Waals surface area contributed by atoms with Crippen molar-refractivity contribution in [1.29, 1.82) is 0 Å². The van der Waals surface area contributed by atoms with Gasteiger partial charge in [0.05, 0.1) is 6.61 Å². The molecule has 1 aliphatic heterocycles. The molecular weight excluding hydrogens is 180 g/mol. The molecule has 0 aromatic rings. The molecule has 2 fully saturated rings. The van der Waals surface area contributed by atoms with Crippen LogP contribution >= 0.6 is 0 Å². The van der Waals surface area contributed by atoms with Gasteiger partial charge in [0, 0.05) is 12.8 Å². The zero-order valence-corrected chi connectivity index (χ0v) is 8.75. The fourth-order valence-electron chi connectivity index (χ4n) is 2.34. The van der Waals surface area contributed by atoms with E-state index in [0.29, 0.717) is 13.0 Å². The van der Waals surface area contributed by atoms with Gasteiger partial charge in [-0.15, -0.1) is 0 Å². The van der Waals surface area contributed by atoms with Crippen molar-refractivity contribution in [3.8, 4) is 0 Å². The summed E-state index contributed by atoms with van der Waals surface area (Å²) >= 11 is 0. The van der Waals surface area contributed by atoms with E-state index in [1.54, 1.807) is 0 Å². The second-order valence-corrected chi connectivity index (χ2v) is 4.40. The van der Waals surface area contributed by atoms with E-state index in [-0.39, 0.29) is 0 Å². The number of carbonyl (C=O) groups excluding carboxylic acids is 1. The molecule has 0 aromatic heterocycles. The van der Waals surface area contributed by atoms with E-state index in [4.69, 9.17) is 9.47 Å². The monoisotopic (exact) mass is 198 g/mol. The van der Waals surface area contributed by atoms with Crippen LogP contribution in [0, 0.1) is 0 Å². The summed E-state index contributed by atoms with van der Waals surface area (Å²) in [6.45, 7) is 2.41. The van der Waals surface area contributed by atoms with Crippen molar-refractivity contribution in [2.45, 2.75) is 56.8 Å². The third kappa shape index (κ3) is 1.59. The molecule has 3 nitrogen and oxygen atoms in total. The lowest BCUT2D eigenvalue weighted by atomic mass is 9.94. The number of aldehydes is 1. The summed E-state index contributed by atoms with van der Waals surface area (Å²) in [6.07, 6.45) is 7.08. The van der Waals surface area contributed by atoms with Crippen molar-refractivity contribution < 1.29 is 14.3 Å². The van der Waals surface area contributed by atoms with Crippen molar-refractivity contribution in [3.05, 3.63) is 0 Å².